The number of aromatic nitrogens is 1. The first-order valence-corrected chi connectivity index (χ1v) is 5.37. The Bertz CT molecular complexity index is 253. The van der Waals surface area contributed by atoms with E-state index in [-0.39, 0.29) is 0 Å². The van der Waals surface area contributed by atoms with Crippen LogP contribution in [0.5, 0.6) is 0 Å². The van der Waals surface area contributed by atoms with Crippen molar-refractivity contribution in [1.82, 2.24) is 10.3 Å². The molecule has 1 fully saturated rings. The molecule has 0 unspecified atom stereocenters. The van der Waals surface area contributed by atoms with Crippen LogP contribution in [0.25, 0.3) is 0 Å². The van der Waals surface area contributed by atoms with Crippen molar-refractivity contribution in [1.29, 1.82) is 0 Å². The molecule has 0 bridgehead atoms. The van der Waals surface area contributed by atoms with Crippen LogP contribution in [0.3, 0.4) is 0 Å². The van der Waals surface area contributed by atoms with Gasteiger partial charge in [-0.1, -0.05) is 6.42 Å². The number of nitrogens with zero attached hydrogens (tertiary/aromatic N) is 1. The molecule has 1 aromatic rings. The summed E-state index contributed by atoms with van der Waals surface area (Å²) in [5.41, 5.74) is 1.20. The van der Waals surface area contributed by atoms with Crippen molar-refractivity contribution in [3.05, 3.63) is 16.1 Å². The summed E-state index contributed by atoms with van der Waals surface area (Å²) in [5.74, 6) is 0. The second-order valence-corrected chi connectivity index (χ2v) is 4.43. The summed E-state index contributed by atoms with van der Waals surface area (Å²) in [6.07, 6.45) is 4.10. The fourth-order valence-electron chi connectivity index (χ4n) is 1.35. The number of hydrogen-bond donors (Lipinski definition) is 1. The molecule has 0 aliphatic heterocycles. The molecule has 0 radical (unpaired) electrons. The van der Waals surface area contributed by atoms with Gasteiger partial charge in [0.05, 0.1) is 10.7 Å². The Morgan fingerprint density at radius 3 is 3.00 bits per heavy atom. The molecule has 1 aliphatic carbocycles. The zero-order valence-electron chi connectivity index (χ0n) is 7.34. The molecular formula is C9H14N2S. The van der Waals surface area contributed by atoms with Gasteiger partial charge in [-0.2, -0.15) is 0 Å². The van der Waals surface area contributed by atoms with Crippen LogP contribution in [0.15, 0.2) is 5.38 Å². The molecule has 0 atom stereocenters. The Morgan fingerprint density at radius 1 is 1.67 bits per heavy atom. The monoisotopic (exact) mass is 182 g/mol. The van der Waals surface area contributed by atoms with Gasteiger partial charge in [-0.15, -0.1) is 11.3 Å². The smallest absolute Gasteiger partial charge is 0.0897 e. The summed E-state index contributed by atoms with van der Waals surface area (Å²) in [6, 6.07) is 0.770. The van der Waals surface area contributed by atoms with Crippen LogP contribution in [0.1, 0.15) is 30.0 Å². The van der Waals surface area contributed by atoms with E-state index in [2.05, 4.69) is 22.6 Å². The van der Waals surface area contributed by atoms with Gasteiger partial charge in [0.15, 0.2) is 0 Å². The molecule has 1 aromatic heterocycles. The van der Waals surface area contributed by atoms with E-state index in [4.69, 9.17) is 0 Å². The lowest BCUT2D eigenvalue weighted by molar-refractivity contribution is 0.337. The van der Waals surface area contributed by atoms with Crippen molar-refractivity contribution in [3.8, 4) is 0 Å². The molecule has 0 aromatic carbocycles. The topological polar surface area (TPSA) is 24.9 Å². The molecule has 12 heavy (non-hydrogen) atoms. The molecule has 1 saturated carbocycles. The van der Waals surface area contributed by atoms with Gasteiger partial charge in [0.2, 0.25) is 0 Å². The Balaban J connectivity index is 1.79. The Kier molecular flexibility index (Phi) is 2.42. The van der Waals surface area contributed by atoms with Crippen molar-refractivity contribution in [2.75, 3.05) is 0 Å². The molecule has 0 amide bonds. The molecular weight excluding hydrogens is 168 g/mol. The second-order valence-electron chi connectivity index (χ2n) is 3.37. The van der Waals surface area contributed by atoms with Gasteiger partial charge in [0.1, 0.15) is 0 Å². The van der Waals surface area contributed by atoms with Crippen LogP contribution in [0.2, 0.25) is 0 Å². The highest BCUT2D eigenvalue weighted by Gasteiger charge is 2.16. The number of nitrogens with one attached hydrogen (secondary N) is 1. The highest BCUT2D eigenvalue weighted by molar-refractivity contribution is 7.09. The average molecular weight is 182 g/mol. The van der Waals surface area contributed by atoms with Gasteiger partial charge in [0, 0.05) is 18.0 Å². The molecule has 2 rings (SSSR count). The lowest BCUT2D eigenvalue weighted by Crippen LogP contribution is -2.34. The highest BCUT2D eigenvalue weighted by Crippen LogP contribution is 2.18. The van der Waals surface area contributed by atoms with E-state index in [1.54, 1.807) is 11.3 Å². The summed E-state index contributed by atoms with van der Waals surface area (Å²) in [4.78, 5) is 4.40. The van der Waals surface area contributed by atoms with Gasteiger partial charge in [-0.05, 0) is 19.8 Å². The van der Waals surface area contributed by atoms with Gasteiger partial charge in [-0.3, -0.25) is 0 Å². The normalized spacial score (nSPS) is 17.8. The zero-order valence-corrected chi connectivity index (χ0v) is 8.16. The van der Waals surface area contributed by atoms with Gasteiger partial charge < -0.3 is 5.32 Å². The maximum absolute atomic E-state index is 4.40. The quantitative estimate of drug-likeness (QED) is 0.774. The average Bonchev–Trinajstić information content (AvgIpc) is 2.32. The highest BCUT2D eigenvalue weighted by atomic mass is 32.1. The predicted molar refractivity (Wildman–Crippen MR) is 51.3 cm³/mol. The minimum atomic E-state index is 0.770. The lowest BCUT2D eigenvalue weighted by atomic mass is 9.93. The summed E-state index contributed by atoms with van der Waals surface area (Å²) in [5, 5.41) is 6.80. The number of rotatable bonds is 3. The molecule has 3 heteroatoms. The standard InChI is InChI=1S/C9H14N2S/c1-7-11-9(6-12-7)5-10-8-3-2-4-8/h6,8,10H,2-5H2,1H3. The van der Waals surface area contributed by atoms with Crippen molar-refractivity contribution in [2.45, 2.75) is 38.8 Å². The number of thiazole rings is 1. The van der Waals surface area contributed by atoms with E-state index in [0.29, 0.717) is 0 Å². The van der Waals surface area contributed by atoms with E-state index in [9.17, 15) is 0 Å². The van der Waals surface area contributed by atoms with E-state index >= 15 is 0 Å². The molecule has 1 N–H and O–H groups in total. The van der Waals surface area contributed by atoms with Crippen LogP contribution in [-0.2, 0) is 6.54 Å². The number of aryl methyl sites for hydroxylation is 1. The Hall–Kier alpha value is -0.410. The predicted octanol–water partition coefficient (Wildman–Crippen LogP) is 2.09. The van der Waals surface area contributed by atoms with Gasteiger partial charge in [0.25, 0.3) is 0 Å². The fourth-order valence-corrected chi connectivity index (χ4v) is 1.96. The molecule has 0 saturated heterocycles. The van der Waals surface area contributed by atoms with E-state index in [0.717, 1.165) is 12.6 Å². The SMILES string of the molecule is Cc1nc(CNC2CCC2)cs1. The minimum absolute atomic E-state index is 0.770. The maximum Gasteiger partial charge on any atom is 0.0897 e. The zero-order chi connectivity index (χ0) is 8.39. The van der Waals surface area contributed by atoms with Crippen LogP contribution < -0.4 is 5.32 Å². The fraction of sp³-hybridized carbons (Fsp3) is 0.667. The molecule has 1 heterocycles. The third-order valence-corrected chi connectivity index (χ3v) is 3.17. The van der Waals surface area contributed by atoms with E-state index in [1.807, 2.05) is 0 Å². The van der Waals surface area contributed by atoms with E-state index in [1.165, 1.54) is 30.0 Å². The van der Waals surface area contributed by atoms with E-state index < -0.39 is 0 Å². The van der Waals surface area contributed by atoms with Crippen LogP contribution in [0, 0.1) is 6.92 Å². The lowest BCUT2D eigenvalue weighted by Gasteiger charge is -2.26. The van der Waals surface area contributed by atoms with Crippen LogP contribution in [0.4, 0.5) is 0 Å². The first-order chi connectivity index (χ1) is 5.84. The van der Waals surface area contributed by atoms with Gasteiger partial charge in [-0.25, -0.2) is 4.98 Å². The Labute approximate surface area is 77.0 Å². The maximum atomic E-state index is 4.40. The first kappa shape index (κ1) is 8.20. The largest absolute Gasteiger partial charge is 0.308 e. The van der Waals surface area contributed by atoms with Gasteiger partial charge >= 0.3 is 0 Å². The molecule has 1 aliphatic rings. The molecule has 2 nitrogen and oxygen atoms in total. The number of hydrogen-bond acceptors (Lipinski definition) is 3. The van der Waals surface area contributed by atoms with Crippen LogP contribution in [-0.4, -0.2) is 11.0 Å². The first-order valence-electron chi connectivity index (χ1n) is 4.49. The third kappa shape index (κ3) is 1.84. The summed E-state index contributed by atoms with van der Waals surface area (Å²) >= 11 is 1.73. The van der Waals surface area contributed by atoms with Crippen molar-refractivity contribution in [2.24, 2.45) is 0 Å². The Morgan fingerprint density at radius 2 is 2.50 bits per heavy atom. The van der Waals surface area contributed by atoms with Crippen molar-refractivity contribution in [3.63, 3.8) is 0 Å². The second kappa shape index (κ2) is 3.54. The van der Waals surface area contributed by atoms with Crippen molar-refractivity contribution >= 4 is 11.3 Å². The summed E-state index contributed by atoms with van der Waals surface area (Å²) in [7, 11) is 0. The van der Waals surface area contributed by atoms with Crippen molar-refractivity contribution < 1.29 is 0 Å². The third-order valence-electron chi connectivity index (χ3n) is 2.34. The summed E-state index contributed by atoms with van der Waals surface area (Å²) < 4.78 is 0. The summed E-state index contributed by atoms with van der Waals surface area (Å²) in [6.45, 7) is 3.01. The molecule has 0 spiro atoms. The molecule has 66 valence electrons. The van der Waals surface area contributed by atoms with Crippen LogP contribution >= 0.6 is 11.3 Å². The minimum Gasteiger partial charge on any atom is -0.308 e.